The second kappa shape index (κ2) is 7.64. The van der Waals surface area contributed by atoms with Crippen molar-refractivity contribution in [2.24, 2.45) is 12.1 Å². The van der Waals surface area contributed by atoms with Crippen molar-refractivity contribution in [2.45, 2.75) is 20.3 Å². The second-order valence-electron chi connectivity index (χ2n) is 6.64. The molecule has 0 atom stereocenters. The lowest BCUT2D eigenvalue weighted by atomic mass is 10.2. The molecule has 2 heterocycles. The summed E-state index contributed by atoms with van der Waals surface area (Å²) in [5, 5.41) is 13.8. The highest BCUT2D eigenvalue weighted by Crippen LogP contribution is 2.26. The van der Waals surface area contributed by atoms with E-state index >= 15 is 0 Å². The Morgan fingerprint density at radius 2 is 2.04 bits per heavy atom. The minimum Gasteiger partial charge on any atom is -0.493 e. The highest BCUT2D eigenvalue weighted by atomic mass is 16.5. The predicted molar refractivity (Wildman–Crippen MR) is 112 cm³/mol. The van der Waals surface area contributed by atoms with Gasteiger partial charge in [0.15, 0.2) is 5.65 Å². The van der Waals surface area contributed by atoms with Gasteiger partial charge in [-0.2, -0.15) is 10.1 Å². The van der Waals surface area contributed by atoms with Crippen LogP contribution in [-0.4, -0.2) is 32.6 Å². The lowest BCUT2D eigenvalue weighted by molar-refractivity contribution is 0.317. The Bertz CT molecular complexity index is 1160. The molecule has 7 heteroatoms. The van der Waals surface area contributed by atoms with Crippen LogP contribution >= 0.6 is 0 Å². The molecule has 0 aliphatic carbocycles. The summed E-state index contributed by atoms with van der Waals surface area (Å²) in [5.41, 5.74) is 7.56. The number of nitrogens with zero attached hydrogens (tertiary/aromatic N) is 5. The summed E-state index contributed by atoms with van der Waals surface area (Å²) in [6.07, 6.45) is 2.65. The van der Waals surface area contributed by atoms with Crippen LogP contribution in [0.15, 0.2) is 47.6 Å². The molecule has 0 aliphatic heterocycles. The number of rotatable bonds is 6. The zero-order chi connectivity index (χ0) is 19.5. The van der Waals surface area contributed by atoms with Crippen molar-refractivity contribution in [3.63, 3.8) is 0 Å². The maximum absolute atomic E-state index is 5.74. The normalized spacial score (nSPS) is 11.5. The standard InChI is InChI=1S/C21H22N6O/c1-4-11-28-18-8-6-5-7-15(18)13-22-25-21-23-20-19(24-26-21)16-12-14(2)9-10-17(16)27(20)3/h5-10,12-13H,4,11H2,1-3H3,(H,23,25,26)/b22-13-. The number of benzene rings is 2. The summed E-state index contributed by atoms with van der Waals surface area (Å²) in [7, 11) is 1.98. The van der Waals surface area contributed by atoms with Crippen LogP contribution in [0.2, 0.25) is 0 Å². The van der Waals surface area contributed by atoms with E-state index in [2.05, 4.69) is 57.8 Å². The molecule has 142 valence electrons. The van der Waals surface area contributed by atoms with Crippen LogP contribution in [0.4, 0.5) is 5.95 Å². The van der Waals surface area contributed by atoms with Crippen LogP contribution < -0.4 is 10.2 Å². The van der Waals surface area contributed by atoms with Crippen molar-refractivity contribution in [2.75, 3.05) is 12.0 Å². The molecular weight excluding hydrogens is 352 g/mol. The molecule has 0 radical (unpaired) electrons. The summed E-state index contributed by atoms with van der Waals surface area (Å²) in [6.45, 7) is 4.81. The number of hydrogen-bond donors (Lipinski definition) is 1. The van der Waals surface area contributed by atoms with Crippen molar-refractivity contribution in [1.29, 1.82) is 0 Å². The summed E-state index contributed by atoms with van der Waals surface area (Å²) in [6, 6.07) is 14.0. The number of hydrazone groups is 1. The average Bonchev–Trinajstić information content (AvgIpc) is 2.98. The van der Waals surface area contributed by atoms with Crippen LogP contribution in [-0.2, 0) is 7.05 Å². The third-order valence-corrected chi connectivity index (χ3v) is 4.50. The van der Waals surface area contributed by atoms with Gasteiger partial charge in [0.25, 0.3) is 5.95 Å². The van der Waals surface area contributed by atoms with Gasteiger partial charge in [-0.15, -0.1) is 10.2 Å². The number of aromatic nitrogens is 4. The quantitative estimate of drug-likeness (QED) is 0.407. The van der Waals surface area contributed by atoms with E-state index in [4.69, 9.17) is 4.74 Å². The van der Waals surface area contributed by atoms with E-state index < -0.39 is 0 Å². The predicted octanol–water partition coefficient (Wildman–Crippen LogP) is 4.06. The number of para-hydroxylation sites is 1. The van der Waals surface area contributed by atoms with E-state index in [1.54, 1.807) is 6.21 Å². The molecule has 28 heavy (non-hydrogen) atoms. The van der Waals surface area contributed by atoms with Gasteiger partial charge < -0.3 is 9.30 Å². The molecule has 0 bridgehead atoms. The molecule has 4 aromatic rings. The Morgan fingerprint density at radius 3 is 2.89 bits per heavy atom. The van der Waals surface area contributed by atoms with E-state index in [0.717, 1.165) is 39.8 Å². The number of ether oxygens (including phenoxy) is 1. The summed E-state index contributed by atoms with van der Waals surface area (Å²) < 4.78 is 7.76. The molecule has 0 saturated heterocycles. The first-order valence-corrected chi connectivity index (χ1v) is 9.27. The molecule has 0 saturated carbocycles. The molecule has 2 aromatic heterocycles. The van der Waals surface area contributed by atoms with Crippen molar-refractivity contribution < 1.29 is 4.74 Å². The van der Waals surface area contributed by atoms with Crippen LogP contribution in [0.1, 0.15) is 24.5 Å². The van der Waals surface area contributed by atoms with Crippen molar-refractivity contribution in [3.05, 3.63) is 53.6 Å². The Kier molecular flexibility index (Phi) is 4.89. The lowest BCUT2D eigenvalue weighted by Gasteiger charge is -2.07. The maximum Gasteiger partial charge on any atom is 0.265 e. The Balaban J connectivity index is 1.60. The number of fused-ring (bicyclic) bond motifs is 3. The molecule has 7 nitrogen and oxygen atoms in total. The first kappa shape index (κ1) is 17.9. The lowest BCUT2D eigenvalue weighted by Crippen LogP contribution is -2.02. The largest absolute Gasteiger partial charge is 0.493 e. The molecular formula is C21H22N6O. The molecule has 0 unspecified atom stereocenters. The zero-order valence-electron chi connectivity index (χ0n) is 16.2. The van der Waals surface area contributed by atoms with E-state index in [1.165, 1.54) is 5.56 Å². The first-order valence-electron chi connectivity index (χ1n) is 9.27. The summed E-state index contributed by atoms with van der Waals surface area (Å²) in [5.74, 6) is 1.15. The zero-order valence-corrected chi connectivity index (χ0v) is 16.2. The molecule has 0 spiro atoms. The molecule has 0 aliphatic rings. The highest BCUT2D eigenvalue weighted by molar-refractivity contribution is 6.04. The van der Waals surface area contributed by atoms with Gasteiger partial charge in [-0.05, 0) is 37.6 Å². The average molecular weight is 374 g/mol. The molecule has 2 aromatic carbocycles. The fourth-order valence-electron chi connectivity index (χ4n) is 3.11. The minimum atomic E-state index is 0.346. The fourth-order valence-corrected chi connectivity index (χ4v) is 3.11. The van der Waals surface area contributed by atoms with Crippen LogP contribution in [0.3, 0.4) is 0 Å². The fraction of sp³-hybridized carbons (Fsp3) is 0.238. The van der Waals surface area contributed by atoms with Gasteiger partial charge in [0, 0.05) is 18.0 Å². The van der Waals surface area contributed by atoms with Crippen LogP contribution in [0, 0.1) is 6.92 Å². The number of nitrogens with one attached hydrogen (secondary N) is 1. The topological polar surface area (TPSA) is 77.2 Å². The molecule has 0 fully saturated rings. The van der Waals surface area contributed by atoms with E-state index in [1.807, 2.05) is 35.9 Å². The summed E-state index contributed by atoms with van der Waals surface area (Å²) in [4.78, 5) is 4.58. The number of aryl methyl sites for hydroxylation is 2. The van der Waals surface area contributed by atoms with Gasteiger partial charge in [0.2, 0.25) is 0 Å². The molecule has 0 amide bonds. The van der Waals surface area contributed by atoms with E-state index in [0.29, 0.717) is 12.6 Å². The van der Waals surface area contributed by atoms with E-state index in [-0.39, 0.29) is 0 Å². The van der Waals surface area contributed by atoms with Crippen molar-refractivity contribution in [3.8, 4) is 5.75 Å². The van der Waals surface area contributed by atoms with Crippen molar-refractivity contribution in [1.82, 2.24) is 19.7 Å². The monoisotopic (exact) mass is 374 g/mol. The van der Waals surface area contributed by atoms with Crippen molar-refractivity contribution >= 4 is 34.2 Å². The number of hydrogen-bond acceptors (Lipinski definition) is 6. The third-order valence-electron chi connectivity index (χ3n) is 4.50. The Hall–Kier alpha value is -3.48. The van der Waals surface area contributed by atoms with Gasteiger partial charge in [-0.25, -0.2) is 5.43 Å². The van der Waals surface area contributed by atoms with Crippen LogP contribution in [0.25, 0.3) is 22.1 Å². The maximum atomic E-state index is 5.74. The molecule has 1 N–H and O–H groups in total. The third kappa shape index (κ3) is 3.38. The first-order chi connectivity index (χ1) is 13.7. The van der Waals surface area contributed by atoms with E-state index in [9.17, 15) is 0 Å². The Labute approximate surface area is 163 Å². The van der Waals surface area contributed by atoms with Gasteiger partial charge in [-0.3, -0.25) is 0 Å². The summed E-state index contributed by atoms with van der Waals surface area (Å²) >= 11 is 0. The van der Waals surface area contributed by atoms with Gasteiger partial charge in [-0.1, -0.05) is 30.7 Å². The second-order valence-corrected chi connectivity index (χ2v) is 6.64. The highest BCUT2D eigenvalue weighted by Gasteiger charge is 2.12. The van der Waals surface area contributed by atoms with Gasteiger partial charge in [0.05, 0.1) is 18.3 Å². The van der Waals surface area contributed by atoms with Crippen LogP contribution in [0.5, 0.6) is 5.75 Å². The van der Waals surface area contributed by atoms with Gasteiger partial charge in [0.1, 0.15) is 11.3 Å². The molecule has 4 rings (SSSR count). The smallest absolute Gasteiger partial charge is 0.265 e. The SMILES string of the molecule is CCCOc1ccccc1/C=N\Nc1nnc2c3cc(C)ccc3n(C)c2n1. The minimum absolute atomic E-state index is 0.346. The Morgan fingerprint density at radius 1 is 1.18 bits per heavy atom. The van der Waals surface area contributed by atoms with Gasteiger partial charge >= 0.3 is 0 Å². The number of anilines is 1.